The normalized spacial score (nSPS) is 20.1. The van der Waals surface area contributed by atoms with Crippen LogP contribution in [0.25, 0.3) is 0 Å². The minimum Gasteiger partial charge on any atom is -0.488 e. The maximum atomic E-state index is 12.6. The third-order valence-corrected chi connectivity index (χ3v) is 4.80. The van der Waals surface area contributed by atoms with E-state index in [9.17, 15) is 4.79 Å². The van der Waals surface area contributed by atoms with E-state index in [1.54, 1.807) is 6.07 Å². The van der Waals surface area contributed by atoms with Crippen molar-refractivity contribution < 1.29 is 9.53 Å². The van der Waals surface area contributed by atoms with Crippen LogP contribution >= 0.6 is 11.6 Å². The van der Waals surface area contributed by atoms with Gasteiger partial charge in [-0.25, -0.2) is 0 Å². The standard InChI is InChI=1S/C20H23ClN2O2/c21-15-7-5-14(6-8-15)13-25-19-4-2-1-3-18(19)20(24)23-17-11-9-16(22)10-12-17/h1-8,16-17H,9-13,22H2,(H,23,24). The van der Waals surface area contributed by atoms with Gasteiger partial charge in [0.2, 0.25) is 0 Å². The molecule has 0 saturated heterocycles. The average molecular weight is 359 g/mol. The minimum absolute atomic E-state index is 0.0906. The summed E-state index contributed by atoms with van der Waals surface area (Å²) in [5, 5.41) is 3.80. The molecule has 0 aliphatic heterocycles. The van der Waals surface area contributed by atoms with Crippen LogP contribution in [-0.2, 0) is 6.61 Å². The van der Waals surface area contributed by atoms with Gasteiger partial charge in [-0.1, -0.05) is 35.9 Å². The van der Waals surface area contributed by atoms with Gasteiger partial charge >= 0.3 is 0 Å². The number of hydrogen-bond donors (Lipinski definition) is 2. The molecule has 1 aliphatic carbocycles. The summed E-state index contributed by atoms with van der Waals surface area (Å²) in [6.07, 6.45) is 3.78. The lowest BCUT2D eigenvalue weighted by atomic mass is 9.91. The zero-order chi connectivity index (χ0) is 17.6. The topological polar surface area (TPSA) is 64.3 Å². The lowest BCUT2D eigenvalue weighted by Crippen LogP contribution is -2.40. The van der Waals surface area contributed by atoms with Crippen LogP contribution in [0.4, 0.5) is 0 Å². The first-order valence-electron chi connectivity index (χ1n) is 8.64. The number of rotatable bonds is 5. The summed E-state index contributed by atoms with van der Waals surface area (Å²) < 4.78 is 5.87. The van der Waals surface area contributed by atoms with E-state index >= 15 is 0 Å². The molecule has 0 heterocycles. The number of amides is 1. The first-order chi connectivity index (χ1) is 12.1. The molecule has 2 aromatic carbocycles. The van der Waals surface area contributed by atoms with Crippen LogP contribution in [-0.4, -0.2) is 18.0 Å². The van der Waals surface area contributed by atoms with Crippen molar-refractivity contribution in [1.82, 2.24) is 5.32 Å². The van der Waals surface area contributed by atoms with E-state index < -0.39 is 0 Å². The number of carbonyl (C=O) groups excluding carboxylic acids is 1. The van der Waals surface area contributed by atoms with Gasteiger partial charge in [0.1, 0.15) is 12.4 Å². The Morgan fingerprint density at radius 2 is 1.76 bits per heavy atom. The van der Waals surface area contributed by atoms with Crippen molar-refractivity contribution in [3.05, 3.63) is 64.7 Å². The highest BCUT2D eigenvalue weighted by atomic mass is 35.5. The molecular weight excluding hydrogens is 336 g/mol. The van der Waals surface area contributed by atoms with Crippen LogP contribution in [0.5, 0.6) is 5.75 Å². The molecule has 0 aromatic heterocycles. The average Bonchev–Trinajstić information content (AvgIpc) is 2.63. The molecule has 25 heavy (non-hydrogen) atoms. The summed E-state index contributed by atoms with van der Waals surface area (Å²) >= 11 is 5.90. The van der Waals surface area contributed by atoms with Crippen molar-refractivity contribution in [1.29, 1.82) is 0 Å². The van der Waals surface area contributed by atoms with Gasteiger partial charge in [-0.05, 0) is 55.5 Å². The van der Waals surface area contributed by atoms with Crippen LogP contribution < -0.4 is 15.8 Å². The van der Waals surface area contributed by atoms with Crippen molar-refractivity contribution in [2.45, 2.75) is 44.4 Å². The second kappa shape index (κ2) is 8.37. The Bertz CT molecular complexity index is 710. The van der Waals surface area contributed by atoms with Crippen LogP contribution in [0.2, 0.25) is 5.02 Å². The predicted octanol–water partition coefficient (Wildman–Crippen LogP) is 3.92. The fraction of sp³-hybridized carbons (Fsp3) is 0.350. The molecule has 3 N–H and O–H groups in total. The number of benzene rings is 2. The fourth-order valence-corrected chi connectivity index (χ4v) is 3.17. The summed E-state index contributed by atoms with van der Waals surface area (Å²) in [5.41, 5.74) is 7.49. The van der Waals surface area contributed by atoms with E-state index in [1.807, 2.05) is 42.5 Å². The lowest BCUT2D eigenvalue weighted by molar-refractivity contribution is 0.0921. The largest absolute Gasteiger partial charge is 0.488 e. The number of carbonyl (C=O) groups is 1. The van der Waals surface area contributed by atoms with Crippen molar-refractivity contribution in [3.8, 4) is 5.75 Å². The Hall–Kier alpha value is -2.04. The predicted molar refractivity (Wildman–Crippen MR) is 99.9 cm³/mol. The van der Waals surface area contributed by atoms with Crippen molar-refractivity contribution in [3.63, 3.8) is 0 Å². The van der Waals surface area contributed by atoms with E-state index in [-0.39, 0.29) is 18.0 Å². The van der Waals surface area contributed by atoms with E-state index in [0.717, 1.165) is 31.2 Å². The second-order valence-electron chi connectivity index (χ2n) is 6.50. The Kier molecular flexibility index (Phi) is 5.95. The van der Waals surface area contributed by atoms with E-state index in [2.05, 4.69) is 5.32 Å². The Morgan fingerprint density at radius 3 is 2.48 bits per heavy atom. The molecule has 1 amide bonds. The number of nitrogens with one attached hydrogen (secondary N) is 1. The number of para-hydroxylation sites is 1. The second-order valence-corrected chi connectivity index (χ2v) is 6.93. The molecule has 1 fully saturated rings. The van der Waals surface area contributed by atoms with Gasteiger partial charge in [-0.2, -0.15) is 0 Å². The summed E-state index contributed by atoms with van der Waals surface area (Å²) in [6.45, 7) is 0.389. The van der Waals surface area contributed by atoms with Gasteiger partial charge in [-0.15, -0.1) is 0 Å². The van der Waals surface area contributed by atoms with Crippen LogP contribution in [0.3, 0.4) is 0 Å². The lowest BCUT2D eigenvalue weighted by Gasteiger charge is -2.27. The maximum Gasteiger partial charge on any atom is 0.255 e. The summed E-state index contributed by atoms with van der Waals surface area (Å²) in [6, 6.07) is 15.3. The molecule has 0 bridgehead atoms. The smallest absolute Gasteiger partial charge is 0.255 e. The molecule has 0 radical (unpaired) electrons. The van der Waals surface area contributed by atoms with Crippen LogP contribution in [0.1, 0.15) is 41.6 Å². The highest BCUT2D eigenvalue weighted by molar-refractivity contribution is 6.30. The zero-order valence-corrected chi connectivity index (χ0v) is 14.8. The zero-order valence-electron chi connectivity index (χ0n) is 14.1. The molecule has 0 spiro atoms. The quantitative estimate of drug-likeness (QED) is 0.851. The monoisotopic (exact) mass is 358 g/mol. The van der Waals surface area contributed by atoms with Crippen molar-refractivity contribution >= 4 is 17.5 Å². The Morgan fingerprint density at radius 1 is 1.08 bits per heavy atom. The number of halogens is 1. The van der Waals surface area contributed by atoms with Crippen molar-refractivity contribution in [2.75, 3.05) is 0 Å². The molecule has 5 heteroatoms. The Balaban J connectivity index is 1.63. The Labute approximate surface area is 153 Å². The van der Waals surface area contributed by atoms with Crippen LogP contribution in [0.15, 0.2) is 48.5 Å². The fourth-order valence-electron chi connectivity index (χ4n) is 3.05. The molecule has 2 aromatic rings. The van der Waals surface area contributed by atoms with Crippen LogP contribution in [0, 0.1) is 0 Å². The molecule has 1 aliphatic rings. The highest BCUT2D eigenvalue weighted by Crippen LogP contribution is 2.22. The molecule has 0 unspecified atom stereocenters. The number of hydrogen-bond acceptors (Lipinski definition) is 3. The first-order valence-corrected chi connectivity index (χ1v) is 9.02. The molecule has 1 saturated carbocycles. The molecule has 132 valence electrons. The molecule has 3 rings (SSSR count). The third kappa shape index (κ3) is 4.97. The molecule has 4 nitrogen and oxygen atoms in total. The maximum absolute atomic E-state index is 12.6. The SMILES string of the molecule is NC1CCC(NC(=O)c2ccccc2OCc2ccc(Cl)cc2)CC1. The van der Waals surface area contributed by atoms with Gasteiger partial charge in [0, 0.05) is 17.1 Å². The van der Waals surface area contributed by atoms with E-state index in [4.69, 9.17) is 22.1 Å². The van der Waals surface area contributed by atoms with Crippen molar-refractivity contribution in [2.24, 2.45) is 5.73 Å². The van der Waals surface area contributed by atoms with E-state index in [0.29, 0.717) is 22.9 Å². The number of nitrogens with two attached hydrogens (primary N) is 1. The minimum atomic E-state index is -0.0906. The van der Waals surface area contributed by atoms with Gasteiger partial charge in [-0.3, -0.25) is 4.79 Å². The van der Waals surface area contributed by atoms with Gasteiger partial charge in [0.25, 0.3) is 5.91 Å². The number of ether oxygens (including phenoxy) is 1. The van der Waals surface area contributed by atoms with Gasteiger partial charge in [0.15, 0.2) is 0 Å². The van der Waals surface area contributed by atoms with E-state index in [1.165, 1.54) is 0 Å². The van der Waals surface area contributed by atoms with Gasteiger partial charge < -0.3 is 15.8 Å². The third-order valence-electron chi connectivity index (χ3n) is 4.55. The molecular formula is C20H23ClN2O2. The van der Waals surface area contributed by atoms with Gasteiger partial charge in [0.05, 0.1) is 5.56 Å². The summed E-state index contributed by atoms with van der Waals surface area (Å²) in [5.74, 6) is 0.495. The summed E-state index contributed by atoms with van der Waals surface area (Å²) in [7, 11) is 0. The highest BCUT2D eigenvalue weighted by Gasteiger charge is 2.21. The first kappa shape index (κ1) is 17.8. The molecule has 0 atom stereocenters. The summed E-state index contributed by atoms with van der Waals surface area (Å²) in [4.78, 5) is 12.6.